The lowest BCUT2D eigenvalue weighted by molar-refractivity contribution is -0.137. The van der Waals surface area contributed by atoms with E-state index in [0.717, 1.165) is 16.7 Å². The summed E-state index contributed by atoms with van der Waals surface area (Å²) in [5.74, 6) is 0.142. The number of benzene rings is 1. The van der Waals surface area contributed by atoms with E-state index >= 15 is 0 Å². The Balaban J connectivity index is 2.43. The maximum absolute atomic E-state index is 13.0. The quantitative estimate of drug-likeness (QED) is 0.783. The highest BCUT2D eigenvalue weighted by atomic mass is 19.4. The number of hydrogen-bond donors (Lipinski definition) is 1. The van der Waals surface area contributed by atoms with Crippen LogP contribution in [-0.2, 0) is 6.18 Å². The third-order valence-electron chi connectivity index (χ3n) is 3.21. The molecular weight excluding hydrogens is 311 g/mol. The van der Waals surface area contributed by atoms with Gasteiger partial charge in [-0.2, -0.15) is 18.2 Å². The predicted molar refractivity (Wildman–Crippen MR) is 77.5 cm³/mol. The fourth-order valence-corrected chi connectivity index (χ4v) is 2.19. The molecule has 0 saturated heterocycles. The van der Waals surface area contributed by atoms with Crippen molar-refractivity contribution < 1.29 is 13.2 Å². The highest BCUT2D eigenvalue weighted by Gasteiger charge is 2.31. The SMILES string of the molecule is CNc1nc(=O)n(-c2ncccn2)c2cc(C(F)(F)F)ccc12. The maximum atomic E-state index is 13.0. The van der Waals surface area contributed by atoms with Crippen LogP contribution >= 0.6 is 0 Å². The van der Waals surface area contributed by atoms with Crippen molar-refractivity contribution in [2.45, 2.75) is 6.18 Å². The van der Waals surface area contributed by atoms with Gasteiger partial charge in [0.1, 0.15) is 5.82 Å². The van der Waals surface area contributed by atoms with E-state index in [4.69, 9.17) is 0 Å². The molecule has 3 rings (SSSR count). The lowest BCUT2D eigenvalue weighted by atomic mass is 10.1. The summed E-state index contributed by atoms with van der Waals surface area (Å²) in [6, 6.07) is 4.62. The smallest absolute Gasteiger partial charge is 0.372 e. The zero-order valence-electron chi connectivity index (χ0n) is 11.8. The second-order valence-electron chi connectivity index (χ2n) is 4.61. The number of aromatic nitrogens is 4. The highest BCUT2D eigenvalue weighted by Crippen LogP contribution is 2.32. The average Bonchev–Trinajstić information content (AvgIpc) is 2.53. The van der Waals surface area contributed by atoms with Crippen molar-refractivity contribution in [3.05, 3.63) is 52.7 Å². The van der Waals surface area contributed by atoms with Crippen molar-refractivity contribution >= 4 is 16.7 Å². The van der Waals surface area contributed by atoms with Gasteiger partial charge in [0.15, 0.2) is 0 Å². The van der Waals surface area contributed by atoms with Gasteiger partial charge in [-0.3, -0.25) is 0 Å². The van der Waals surface area contributed by atoms with E-state index in [1.165, 1.54) is 31.6 Å². The summed E-state index contributed by atoms with van der Waals surface area (Å²) in [7, 11) is 1.53. The van der Waals surface area contributed by atoms with Crippen molar-refractivity contribution in [1.82, 2.24) is 19.5 Å². The first kappa shape index (κ1) is 14.9. The van der Waals surface area contributed by atoms with Gasteiger partial charge in [-0.25, -0.2) is 19.3 Å². The first-order valence-corrected chi connectivity index (χ1v) is 6.51. The Morgan fingerprint density at radius 3 is 2.48 bits per heavy atom. The third-order valence-corrected chi connectivity index (χ3v) is 3.21. The molecule has 0 radical (unpaired) electrons. The number of halogens is 3. The molecular formula is C14H10F3N5O. The first-order chi connectivity index (χ1) is 10.9. The van der Waals surface area contributed by atoms with Crippen molar-refractivity contribution in [3.8, 4) is 5.95 Å². The molecule has 9 heteroatoms. The predicted octanol–water partition coefficient (Wildman–Crippen LogP) is 2.24. The molecule has 23 heavy (non-hydrogen) atoms. The highest BCUT2D eigenvalue weighted by molar-refractivity contribution is 5.90. The lowest BCUT2D eigenvalue weighted by Crippen LogP contribution is -2.25. The van der Waals surface area contributed by atoms with Gasteiger partial charge < -0.3 is 5.32 Å². The van der Waals surface area contributed by atoms with Crippen molar-refractivity contribution in [1.29, 1.82) is 0 Å². The van der Waals surface area contributed by atoms with Gasteiger partial charge in [0.2, 0.25) is 5.95 Å². The maximum Gasteiger partial charge on any atom is 0.416 e. The van der Waals surface area contributed by atoms with Crippen LogP contribution in [0.4, 0.5) is 19.0 Å². The fraction of sp³-hybridized carbons (Fsp3) is 0.143. The lowest BCUT2D eigenvalue weighted by Gasteiger charge is -2.13. The zero-order chi connectivity index (χ0) is 16.6. The largest absolute Gasteiger partial charge is 0.416 e. The Hall–Kier alpha value is -2.97. The molecule has 0 bridgehead atoms. The molecule has 6 nitrogen and oxygen atoms in total. The van der Waals surface area contributed by atoms with Crippen LogP contribution in [0.1, 0.15) is 5.56 Å². The molecule has 0 aliphatic heterocycles. The normalized spacial score (nSPS) is 11.7. The summed E-state index contributed by atoms with van der Waals surface area (Å²) in [6.07, 6.45) is -1.75. The number of rotatable bonds is 2. The van der Waals surface area contributed by atoms with Crippen LogP contribution < -0.4 is 11.0 Å². The van der Waals surface area contributed by atoms with Gasteiger partial charge in [-0.15, -0.1) is 0 Å². The molecule has 0 spiro atoms. The molecule has 1 aromatic carbocycles. The molecule has 0 aliphatic rings. The number of nitrogens with one attached hydrogen (secondary N) is 1. The van der Waals surface area contributed by atoms with Crippen molar-refractivity contribution in [3.63, 3.8) is 0 Å². The van der Waals surface area contributed by atoms with Crippen molar-refractivity contribution in [2.75, 3.05) is 12.4 Å². The van der Waals surface area contributed by atoms with Crippen LogP contribution in [-0.4, -0.2) is 26.6 Å². The molecule has 0 amide bonds. The van der Waals surface area contributed by atoms with Gasteiger partial charge in [-0.05, 0) is 24.3 Å². The number of nitrogens with zero attached hydrogens (tertiary/aromatic N) is 4. The van der Waals surface area contributed by atoms with Crippen molar-refractivity contribution in [2.24, 2.45) is 0 Å². The molecule has 1 N–H and O–H groups in total. The number of alkyl halides is 3. The average molecular weight is 321 g/mol. The summed E-state index contributed by atoms with van der Waals surface area (Å²) < 4.78 is 39.9. The van der Waals surface area contributed by atoms with Crippen LogP contribution in [0.15, 0.2) is 41.5 Å². The summed E-state index contributed by atoms with van der Waals surface area (Å²) in [6.45, 7) is 0. The summed E-state index contributed by atoms with van der Waals surface area (Å²) >= 11 is 0. The molecule has 0 aliphatic carbocycles. The number of hydrogen-bond acceptors (Lipinski definition) is 5. The minimum atomic E-state index is -4.53. The van der Waals surface area contributed by atoms with Gasteiger partial charge in [0.25, 0.3) is 0 Å². The molecule has 118 valence electrons. The molecule has 3 aromatic rings. The standard InChI is InChI=1S/C14H10F3N5O/c1-18-11-9-4-3-8(14(15,16)17)7-10(9)22(13(23)21-11)12-19-5-2-6-20-12/h2-7H,1H3,(H,18,21,23). The monoisotopic (exact) mass is 321 g/mol. The Morgan fingerprint density at radius 2 is 1.87 bits per heavy atom. The van der Waals surface area contributed by atoms with Gasteiger partial charge >= 0.3 is 11.9 Å². The van der Waals surface area contributed by atoms with E-state index in [0.29, 0.717) is 5.39 Å². The van der Waals surface area contributed by atoms with Crippen LogP contribution in [0.5, 0.6) is 0 Å². The first-order valence-electron chi connectivity index (χ1n) is 6.51. The van der Waals surface area contributed by atoms with Gasteiger partial charge in [0, 0.05) is 24.8 Å². The van der Waals surface area contributed by atoms with E-state index < -0.39 is 17.4 Å². The molecule has 2 aromatic heterocycles. The number of fused-ring (bicyclic) bond motifs is 1. The molecule has 0 unspecified atom stereocenters. The molecule has 2 heterocycles. The van der Waals surface area contributed by atoms with E-state index in [9.17, 15) is 18.0 Å². The third kappa shape index (κ3) is 2.60. The van der Waals surface area contributed by atoms with E-state index in [1.807, 2.05) is 0 Å². The Bertz CT molecular complexity index is 921. The number of anilines is 1. The topological polar surface area (TPSA) is 72.7 Å². The van der Waals surface area contributed by atoms with E-state index in [-0.39, 0.29) is 17.3 Å². The van der Waals surface area contributed by atoms with Crippen LogP contribution in [0.25, 0.3) is 16.9 Å². The molecule has 0 saturated carbocycles. The molecule has 0 atom stereocenters. The summed E-state index contributed by atoms with van der Waals surface area (Å²) in [5.41, 5.74) is -1.62. The van der Waals surface area contributed by atoms with Crippen LogP contribution in [0.2, 0.25) is 0 Å². The fourth-order valence-electron chi connectivity index (χ4n) is 2.19. The molecule has 0 fully saturated rings. The van der Waals surface area contributed by atoms with E-state index in [2.05, 4.69) is 20.3 Å². The van der Waals surface area contributed by atoms with Crippen LogP contribution in [0, 0.1) is 0 Å². The minimum absolute atomic E-state index is 0.0235. The van der Waals surface area contributed by atoms with E-state index in [1.54, 1.807) is 0 Å². The van der Waals surface area contributed by atoms with Gasteiger partial charge in [-0.1, -0.05) is 0 Å². The Kier molecular flexibility index (Phi) is 3.47. The Morgan fingerprint density at radius 1 is 1.17 bits per heavy atom. The minimum Gasteiger partial charge on any atom is -0.372 e. The zero-order valence-corrected chi connectivity index (χ0v) is 11.8. The van der Waals surface area contributed by atoms with Crippen LogP contribution in [0.3, 0.4) is 0 Å². The summed E-state index contributed by atoms with van der Waals surface area (Å²) in [5, 5.41) is 3.06. The second-order valence-corrected chi connectivity index (χ2v) is 4.61. The summed E-state index contributed by atoms with van der Waals surface area (Å²) in [4.78, 5) is 23.9. The second kappa shape index (κ2) is 5.34. The van der Waals surface area contributed by atoms with Gasteiger partial charge in [0.05, 0.1) is 11.1 Å². The Labute approximate surface area is 127 Å².